The van der Waals surface area contributed by atoms with E-state index >= 15 is 0 Å². The minimum atomic E-state index is -0.536. The molecule has 10 heteroatoms. The van der Waals surface area contributed by atoms with Gasteiger partial charge in [-0.2, -0.15) is 0 Å². The highest BCUT2D eigenvalue weighted by Gasteiger charge is 2.22. The predicted octanol–water partition coefficient (Wildman–Crippen LogP) is 2.84. The SMILES string of the molecule is CCn1c(=O)c2sc(N3CCCC3)nc2n(CC(=O)Nc2cc(Cl)ccc2C)c1=O. The van der Waals surface area contributed by atoms with Crippen molar-refractivity contribution in [3.8, 4) is 0 Å². The zero-order valence-electron chi connectivity index (χ0n) is 16.8. The van der Waals surface area contributed by atoms with E-state index in [1.165, 1.54) is 15.9 Å². The number of aromatic nitrogens is 3. The molecule has 0 spiro atoms. The van der Waals surface area contributed by atoms with Crippen LogP contribution >= 0.6 is 22.9 Å². The topological polar surface area (TPSA) is 89.2 Å². The van der Waals surface area contributed by atoms with Crippen LogP contribution in [0.2, 0.25) is 5.02 Å². The highest BCUT2D eigenvalue weighted by Crippen LogP contribution is 2.28. The zero-order valence-corrected chi connectivity index (χ0v) is 18.3. The van der Waals surface area contributed by atoms with E-state index in [4.69, 9.17) is 11.6 Å². The van der Waals surface area contributed by atoms with Gasteiger partial charge in [-0.25, -0.2) is 9.78 Å². The second-order valence-electron chi connectivity index (χ2n) is 7.27. The molecule has 3 heterocycles. The molecule has 1 aliphatic rings. The number of nitrogens with zero attached hydrogens (tertiary/aromatic N) is 4. The Bertz CT molecular complexity index is 1240. The molecule has 1 fully saturated rings. The van der Waals surface area contributed by atoms with Gasteiger partial charge in [0.1, 0.15) is 11.2 Å². The molecule has 1 amide bonds. The lowest BCUT2D eigenvalue weighted by Gasteiger charge is -2.12. The summed E-state index contributed by atoms with van der Waals surface area (Å²) in [6.45, 7) is 5.32. The van der Waals surface area contributed by atoms with E-state index in [0.717, 1.165) is 36.1 Å². The van der Waals surface area contributed by atoms with Gasteiger partial charge >= 0.3 is 5.69 Å². The monoisotopic (exact) mass is 447 g/mol. The third-order valence-corrected chi connectivity index (χ3v) is 6.55. The molecule has 30 heavy (non-hydrogen) atoms. The van der Waals surface area contributed by atoms with E-state index in [0.29, 0.717) is 20.5 Å². The number of rotatable bonds is 5. The Morgan fingerprint density at radius 2 is 1.97 bits per heavy atom. The van der Waals surface area contributed by atoms with Crippen molar-refractivity contribution in [2.45, 2.75) is 39.8 Å². The molecule has 1 saturated heterocycles. The number of carbonyl (C=O) groups excluding carboxylic acids is 1. The van der Waals surface area contributed by atoms with Gasteiger partial charge in [0.05, 0.1) is 0 Å². The van der Waals surface area contributed by atoms with Crippen LogP contribution in [0.15, 0.2) is 27.8 Å². The summed E-state index contributed by atoms with van der Waals surface area (Å²) >= 11 is 7.31. The fraction of sp³-hybridized carbons (Fsp3) is 0.400. The molecule has 0 bridgehead atoms. The van der Waals surface area contributed by atoms with Crippen molar-refractivity contribution in [2.24, 2.45) is 0 Å². The van der Waals surface area contributed by atoms with Crippen LogP contribution in [0, 0.1) is 6.92 Å². The maximum atomic E-state index is 13.0. The summed E-state index contributed by atoms with van der Waals surface area (Å²) < 4.78 is 2.82. The first-order chi connectivity index (χ1) is 14.4. The molecular weight excluding hydrogens is 426 g/mol. The molecule has 4 rings (SSSR count). The molecule has 0 saturated carbocycles. The van der Waals surface area contributed by atoms with Crippen LogP contribution in [-0.2, 0) is 17.9 Å². The van der Waals surface area contributed by atoms with E-state index in [1.807, 2.05) is 13.0 Å². The lowest BCUT2D eigenvalue weighted by Crippen LogP contribution is -2.41. The van der Waals surface area contributed by atoms with E-state index in [1.54, 1.807) is 19.1 Å². The standard InChI is InChI=1S/C20H22ClN5O3S/c1-3-25-18(28)16-17(23-19(30-16)24-8-4-5-9-24)26(20(25)29)11-15(27)22-14-10-13(21)7-6-12(14)2/h6-7,10H,3-5,8-9,11H2,1-2H3,(H,22,27). The van der Waals surface area contributed by atoms with Crippen molar-refractivity contribution in [3.63, 3.8) is 0 Å². The maximum absolute atomic E-state index is 13.0. The summed E-state index contributed by atoms with van der Waals surface area (Å²) in [5.74, 6) is -0.388. The minimum Gasteiger partial charge on any atom is -0.348 e. The predicted molar refractivity (Wildman–Crippen MR) is 120 cm³/mol. The summed E-state index contributed by atoms with van der Waals surface area (Å²) in [5, 5.41) is 4.02. The van der Waals surface area contributed by atoms with Crippen LogP contribution in [0.4, 0.5) is 10.8 Å². The summed E-state index contributed by atoms with van der Waals surface area (Å²) in [7, 11) is 0. The van der Waals surface area contributed by atoms with Crippen LogP contribution in [0.1, 0.15) is 25.3 Å². The number of hydrogen-bond acceptors (Lipinski definition) is 6. The average molecular weight is 448 g/mol. The number of fused-ring (bicyclic) bond motifs is 1. The third-order valence-electron chi connectivity index (χ3n) is 5.22. The fourth-order valence-electron chi connectivity index (χ4n) is 3.60. The Balaban J connectivity index is 1.75. The van der Waals surface area contributed by atoms with Crippen molar-refractivity contribution < 1.29 is 4.79 Å². The molecule has 0 aliphatic carbocycles. The first kappa shape index (κ1) is 20.6. The summed E-state index contributed by atoms with van der Waals surface area (Å²) in [6.07, 6.45) is 2.15. The van der Waals surface area contributed by atoms with E-state index in [2.05, 4.69) is 15.2 Å². The number of aryl methyl sites for hydroxylation is 1. The van der Waals surface area contributed by atoms with Gasteiger partial charge < -0.3 is 10.2 Å². The van der Waals surface area contributed by atoms with Crippen LogP contribution in [0.5, 0.6) is 0 Å². The third kappa shape index (κ3) is 3.75. The Labute approximate surface area is 181 Å². The lowest BCUT2D eigenvalue weighted by atomic mass is 10.2. The fourth-order valence-corrected chi connectivity index (χ4v) is 4.84. The molecule has 1 aliphatic heterocycles. The van der Waals surface area contributed by atoms with Gasteiger partial charge in [0.25, 0.3) is 5.56 Å². The lowest BCUT2D eigenvalue weighted by molar-refractivity contribution is -0.116. The Morgan fingerprint density at radius 1 is 1.23 bits per heavy atom. The molecule has 1 aromatic carbocycles. The Hall–Kier alpha value is -2.65. The molecule has 0 radical (unpaired) electrons. The first-order valence-corrected chi connectivity index (χ1v) is 11.0. The number of hydrogen-bond donors (Lipinski definition) is 1. The molecule has 158 valence electrons. The average Bonchev–Trinajstić information content (AvgIpc) is 3.38. The van der Waals surface area contributed by atoms with Crippen LogP contribution in [0.3, 0.4) is 0 Å². The number of halogens is 1. The number of benzene rings is 1. The zero-order chi connectivity index (χ0) is 21.4. The summed E-state index contributed by atoms with van der Waals surface area (Å²) in [5.41, 5.74) is 0.805. The van der Waals surface area contributed by atoms with Gasteiger partial charge in [-0.15, -0.1) is 0 Å². The van der Waals surface area contributed by atoms with Gasteiger partial charge in [-0.05, 0) is 44.4 Å². The van der Waals surface area contributed by atoms with Gasteiger partial charge in [0.2, 0.25) is 5.91 Å². The molecular formula is C20H22ClN5O3S. The van der Waals surface area contributed by atoms with Gasteiger partial charge in [-0.1, -0.05) is 29.0 Å². The highest BCUT2D eigenvalue weighted by molar-refractivity contribution is 7.22. The number of carbonyl (C=O) groups is 1. The number of anilines is 2. The quantitative estimate of drug-likeness (QED) is 0.649. The molecule has 8 nitrogen and oxygen atoms in total. The molecule has 0 atom stereocenters. The molecule has 3 aromatic rings. The first-order valence-electron chi connectivity index (χ1n) is 9.84. The smallest absolute Gasteiger partial charge is 0.333 e. The molecule has 2 aromatic heterocycles. The van der Waals surface area contributed by atoms with E-state index in [-0.39, 0.29) is 30.2 Å². The second kappa shape index (κ2) is 8.23. The maximum Gasteiger partial charge on any atom is 0.333 e. The molecule has 0 unspecified atom stereocenters. The number of thiazole rings is 1. The Morgan fingerprint density at radius 3 is 2.67 bits per heavy atom. The number of nitrogens with one attached hydrogen (secondary N) is 1. The largest absolute Gasteiger partial charge is 0.348 e. The van der Waals surface area contributed by atoms with Crippen LogP contribution in [0.25, 0.3) is 10.3 Å². The van der Waals surface area contributed by atoms with Crippen molar-refractivity contribution in [1.82, 2.24) is 14.1 Å². The Kier molecular flexibility index (Phi) is 5.66. The van der Waals surface area contributed by atoms with Gasteiger partial charge in [-0.3, -0.25) is 18.7 Å². The van der Waals surface area contributed by atoms with E-state index < -0.39 is 5.69 Å². The van der Waals surface area contributed by atoms with Crippen LogP contribution < -0.4 is 21.5 Å². The van der Waals surface area contributed by atoms with Crippen molar-refractivity contribution in [2.75, 3.05) is 23.3 Å². The van der Waals surface area contributed by atoms with Gasteiger partial charge in [0, 0.05) is 30.3 Å². The second-order valence-corrected chi connectivity index (χ2v) is 8.68. The summed E-state index contributed by atoms with van der Waals surface area (Å²) in [6, 6.07) is 5.21. The minimum absolute atomic E-state index is 0.222. The van der Waals surface area contributed by atoms with E-state index in [9.17, 15) is 14.4 Å². The molecule has 1 N–H and O–H groups in total. The number of amides is 1. The van der Waals surface area contributed by atoms with Crippen molar-refractivity contribution >= 4 is 50.0 Å². The van der Waals surface area contributed by atoms with Crippen LogP contribution in [-0.4, -0.2) is 33.1 Å². The van der Waals surface area contributed by atoms with Crippen molar-refractivity contribution in [3.05, 3.63) is 49.6 Å². The van der Waals surface area contributed by atoms with Crippen molar-refractivity contribution in [1.29, 1.82) is 0 Å². The summed E-state index contributed by atoms with van der Waals surface area (Å²) in [4.78, 5) is 45.2. The normalized spacial score (nSPS) is 13.9. The highest BCUT2D eigenvalue weighted by atomic mass is 35.5. The van der Waals surface area contributed by atoms with Gasteiger partial charge in [0.15, 0.2) is 10.8 Å².